The molecule has 5 heteroatoms. The molecule has 0 saturated heterocycles. The third-order valence-electron chi connectivity index (χ3n) is 2.44. The van der Waals surface area contributed by atoms with Gasteiger partial charge in [0, 0.05) is 17.0 Å². The number of halogens is 2. The van der Waals surface area contributed by atoms with Crippen LogP contribution in [-0.4, -0.2) is 17.2 Å². The molecule has 0 radical (unpaired) electrons. The Balaban J connectivity index is 2.17. The van der Waals surface area contributed by atoms with Crippen LogP contribution in [0.3, 0.4) is 0 Å². The van der Waals surface area contributed by atoms with Crippen LogP contribution in [0.4, 0.5) is 0 Å². The van der Waals surface area contributed by atoms with Crippen molar-refractivity contribution in [2.24, 2.45) is 5.92 Å². The molecule has 1 aliphatic rings. The van der Waals surface area contributed by atoms with Crippen molar-refractivity contribution in [2.45, 2.75) is 18.9 Å². The molecular formula is C11H10Cl2O3. The van der Waals surface area contributed by atoms with Crippen LogP contribution in [0.25, 0.3) is 0 Å². The van der Waals surface area contributed by atoms with E-state index in [0.717, 1.165) is 12.8 Å². The van der Waals surface area contributed by atoms with E-state index in [1.165, 1.54) is 6.07 Å². The van der Waals surface area contributed by atoms with Crippen LogP contribution in [0.2, 0.25) is 10.0 Å². The average Bonchev–Trinajstić information content (AvgIpc) is 3.02. The lowest BCUT2D eigenvalue weighted by molar-refractivity contribution is -0.146. The lowest BCUT2D eigenvalue weighted by atomic mass is 10.2. The molecule has 0 spiro atoms. The molecule has 86 valence electrons. The molecule has 2 rings (SSSR count). The second-order valence-electron chi connectivity index (χ2n) is 3.79. The van der Waals surface area contributed by atoms with E-state index < -0.39 is 12.1 Å². The Morgan fingerprint density at radius 3 is 2.69 bits per heavy atom. The highest BCUT2D eigenvalue weighted by atomic mass is 35.5. The molecule has 0 aromatic heterocycles. The SMILES string of the molecule is O=C(O)C(Oc1cc(Cl)ccc1Cl)C1CC1. The zero-order valence-electron chi connectivity index (χ0n) is 8.32. The molecule has 1 aromatic carbocycles. The maximum Gasteiger partial charge on any atom is 0.345 e. The van der Waals surface area contributed by atoms with Gasteiger partial charge in [0.2, 0.25) is 0 Å². The van der Waals surface area contributed by atoms with Crippen molar-refractivity contribution in [1.29, 1.82) is 0 Å². The van der Waals surface area contributed by atoms with Crippen molar-refractivity contribution in [3.8, 4) is 5.75 Å². The van der Waals surface area contributed by atoms with Gasteiger partial charge in [-0.15, -0.1) is 0 Å². The summed E-state index contributed by atoms with van der Waals surface area (Å²) in [6, 6.07) is 4.75. The smallest absolute Gasteiger partial charge is 0.345 e. The van der Waals surface area contributed by atoms with Crippen molar-refractivity contribution in [3.05, 3.63) is 28.2 Å². The molecular weight excluding hydrogens is 251 g/mol. The highest BCUT2D eigenvalue weighted by molar-refractivity contribution is 6.34. The Morgan fingerprint density at radius 1 is 1.44 bits per heavy atom. The fraction of sp³-hybridized carbons (Fsp3) is 0.364. The number of carboxylic acid groups (broad SMARTS) is 1. The molecule has 1 saturated carbocycles. The summed E-state index contributed by atoms with van der Waals surface area (Å²) in [6.45, 7) is 0. The van der Waals surface area contributed by atoms with Gasteiger partial charge >= 0.3 is 5.97 Å². The third kappa shape index (κ3) is 2.60. The minimum atomic E-state index is -0.960. The summed E-state index contributed by atoms with van der Waals surface area (Å²) >= 11 is 11.7. The summed E-state index contributed by atoms with van der Waals surface area (Å²) in [6.07, 6.45) is 0.945. The van der Waals surface area contributed by atoms with Crippen LogP contribution < -0.4 is 4.74 Å². The van der Waals surface area contributed by atoms with Gasteiger partial charge in [0.15, 0.2) is 6.10 Å². The van der Waals surface area contributed by atoms with Crippen molar-refractivity contribution in [1.82, 2.24) is 0 Å². The number of hydrogen-bond acceptors (Lipinski definition) is 2. The zero-order chi connectivity index (χ0) is 11.7. The Labute approximate surface area is 103 Å². The maximum atomic E-state index is 11.0. The topological polar surface area (TPSA) is 46.5 Å². The molecule has 1 N–H and O–H groups in total. The molecule has 1 atom stereocenters. The second kappa shape index (κ2) is 4.52. The summed E-state index contributed by atoms with van der Waals surface area (Å²) in [7, 11) is 0. The van der Waals surface area contributed by atoms with Crippen LogP contribution in [0.5, 0.6) is 5.75 Å². The highest BCUT2D eigenvalue weighted by Crippen LogP contribution is 2.37. The standard InChI is InChI=1S/C11H10Cl2O3/c12-7-3-4-8(13)9(5-7)16-10(11(14)15)6-1-2-6/h3-6,10H,1-2H2,(H,14,15). The Morgan fingerprint density at radius 2 is 2.12 bits per heavy atom. The van der Waals surface area contributed by atoms with Crippen LogP contribution in [0.15, 0.2) is 18.2 Å². The normalized spacial score (nSPS) is 16.9. The quantitative estimate of drug-likeness (QED) is 0.904. The summed E-state index contributed by atoms with van der Waals surface area (Å²) in [5.41, 5.74) is 0. The van der Waals surface area contributed by atoms with E-state index in [1.54, 1.807) is 12.1 Å². The van der Waals surface area contributed by atoms with Gasteiger partial charge in [-0.1, -0.05) is 23.2 Å². The lowest BCUT2D eigenvalue weighted by Gasteiger charge is -2.15. The van der Waals surface area contributed by atoms with Crippen molar-refractivity contribution < 1.29 is 14.6 Å². The number of rotatable bonds is 4. The van der Waals surface area contributed by atoms with Crippen LogP contribution >= 0.6 is 23.2 Å². The van der Waals surface area contributed by atoms with E-state index in [9.17, 15) is 4.79 Å². The number of ether oxygens (including phenoxy) is 1. The number of hydrogen-bond donors (Lipinski definition) is 1. The first-order valence-electron chi connectivity index (χ1n) is 4.92. The second-order valence-corrected chi connectivity index (χ2v) is 4.63. The summed E-state index contributed by atoms with van der Waals surface area (Å²) in [5.74, 6) is -0.542. The maximum absolute atomic E-state index is 11.0. The lowest BCUT2D eigenvalue weighted by Crippen LogP contribution is -2.29. The first-order valence-corrected chi connectivity index (χ1v) is 5.68. The van der Waals surface area contributed by atoms with Gasteiger partial charge in [0.05, 0.1) is 5.02 Å². The van der Waals surface area contributed by atoms with Gasteiger partial charge in [-0.2, -0.15) is 0 Å². The van der Waals surface area contributed by atoms with Gasteiger partial charge < -0.3 is 9.84 Å². The predicted molar refractivity (Wildman–Crippen MR) is 61.2 cm³/mol. The molecule has 1 aliphatic carbocycles. The van der Waals surface area contributed by atoms with E-state index in [2.05, 4.69) is 0 Å². The average molecular weight is 261 g/mol. The monoisotopic (exact) mass is 260 g/mol. The molecule has 1 aromatic rings. The summed E-state index contributed by atoms with van der Waals surface area (Å²) in [4.78, 5) is 11.0. The number of carbonyl (C=O) groups is 1. The number of benzene rings is 1. The van der Waals surface area contributed by atoms with Crippen LogP contribution in [0.1, 0.15) is 12.8 Å². The van der Waals surface area contributed by atoms with Crippen molar-refractivity contribution >= 4 is 29.2 Å². The van der Waals surface area contributed by atoms with E-state index in [-0.39, 0.29) is 5.92 Å². The molecule has 0 heterocycles. The molecule has 0 amide bonds. The van der Waals surface area contributed by atoms with Crippen LogP contribution in [-0.2, 0) is 4.79 Å². The Bertz CT molecular complexity index is 416. The molecule has 0 bridgehead atoms. The summed E-state index contributed by atoms with van der Waals surface area (Å²) in [5, 5.41) is 9.85. The summed E-state index contributed by atoms with van der Waals surface area (Å²) < 4.78 is 5.40. The molecule has 0 aliphatic heterocycles. The zero-order valence-corrected chi connectivity index (χ0v) is 9.83. The van der Waals surface area contributed by atoms with E-state index in [0.29, 0.717) is 15.8 Å². The minimum Gasteiger partial charge on any atom is -0.478 e. The predicted octanol–water partition coefficient (Wildman–Crippen LogP) is 3.24. The first kappa shape index (κ1) is 11.6. The molecule has 16 heavy (non-hydrogen) atoms. The molecule has 3 nitrogen and oxygen atoms in total. The molecule has 1 unspecified atom stereocenters. The Hall–Kier alpha value is -0.930. The van der Waals surface area contributed by atoms with Gasteiger partial charge in [0.1, 0.15) is 5.75 Å². The largest absolute Gasteiger partial charge is 0.478 e. The van der Waals surface area contributed by atoms with Gasteiger partial charge in [-0.3, -0.25) is 0 Å². The van der Waals surface area contributed by atoms with E-state index in [1.807, 2.05) is 0 Å². The van der Waals surface area contributed by atoms with Gasteiger partial charge in [-0.05, 0) is 25.0 Å². The fourth-order valence-electron chi connectivity index (χ4n) is 1.45. The molecule has 1 fully saturated rings. The number of carboxylic acids is 1. The van der Waals surface area contributed by atoms with E-state index in [4.69, 9.17) is 33.0 Å². The fourth-order valence-corrected chi connectivity index (χ4v) is 1.78. The van der Waals surface area contributed by atoms with Gasteiger partial charge in [-0.25, -0.2) is 4.79 Å². The van der Waals surface area contributed by atoms with Crippen LogP contribution in [0, 0.1) is 5.92 Å². The third-order valence-corrected chi connectivity index (χ3v) is 2.99. The minimum absolute atomic E-state index is 0.0903. The van der Waals surface area contributed by atoms with E-state index >= 15 is 0 Å². The first-order chi connectivity index (χ1) is 7.58. The van der Waals surface area contributed by atoms with Crippen molar-refractivity contribution in [2.75, 3.05) is 0 Å². The number of aliphatic carboxylic acids is 1. The van der Waals surface area contributed by atoms with Gasteiger partial charge in [0.25, 0.3) is 0 Å². The Kier molecular flexibility index (Phi) is 3.26. The van der Waals surface area contributed by atoms with Crippen molar-refractivity contribution in [3.63, 3.8) is 0 Å². The highest BCUT2D eigenvalue weighted by Gasteiger charge is 2.38.